The highest BCUT2D eigenvalue weighted by atomic mass is 19.1. The van der Waals surface area contributed by atoms with Crippen LogP contribution in [0.15, 0.2) is 24.3 Å². The van der Waals surface area contributed by atoms with Gasteiger partial charge in [0.25, 0.3) is 0 Å². The molecule has 0 radical (unpaired) electrons. The zero-order valence-corrected chi connectivity index (χ0v) is 15.5. The van der Waals surface area contributed by atoms with Crippen LogP contribution in [-0.4, -0.2) is 75.0 Å². The van der Waals surface area contributed by atoms with E-state index in [1.165, 1.54) is 6.07 Å². The van der Waals surface area contributed by atoms with Gasteiger partial charge in [0.1, 0.15) is 5.82 Å². The first-order valence-corrected chi connectivity index (χ1v) is 9.39. The van der Waals surface area contributed by atoms with E-state index in [-0.39, 0.29) is 17.3 Å². The minimum atomic E-state index is -0.170. The summed E-state index contributed by atoms with van der Waals surface area (Å²) in [5.74, 6) is -0.170. The summed E-state index contributed by atoms with van der Waals surface area (Å²) in [7, 11) is 0. The van der Waals surface area contributed by atoms with E-state index in [0.717, 1.165) is 71.1 Å². The molecule has 1 aromatic rings. The van der Waals surface area contributed by atoms with Gasteiger partial charge in [0.05, 0.1) is 25.9 Å². The van der Waals surface area contributed by atoms with Crippen LogP contribution in [0, 0.1) is 11.2 Å². The average molecular weight is 350 g/mol. The maximum Gasteiger partial charge on any atom is 0.123 e. The van der Waals surface area contributed by atoms with Crippen molar-refractivity contribution in [3.05, 3.63) is 35.6 Å². The molecule has 1 aromatic carbocycles. The van der Waals surface area contributed by atoms with Crippen molar-refractivity contribution in [2.45, 2.75) is 26.4 Å². The normalized spacial score (nSPS) is 23.7. The number of ether oxygens (including phenoxy) is 2. The third-order valence-electron chi connectivity index (χ3n) is 4.98. The topological polar surface area (TPSA) is 24.9 Å². The number of nitrogens with zero attached hydrogens (tertiary/aromatic N) is 2. The fourth-order valence-electron chi connectivity index (χ4n) is 3.99. The molecule has 2 heterocycles. The fourth-order valence-corrected chi connectivity index (χ4v) is 3.99. The van der Waals surface area contributed by atoms with E-state index in [2.05, 4.69) is 23.6 Å². The molecule has 2 aliphatic rings. The standard InChI is InChI=1S/C20H31FN2O2/c1-20(2,15-22-6-9-24-10-7-22)16-23-8-11-25-19(14-23)13-17-4-3-5-18(21)12-17/h3-5,12,19H,6-11,13-16H2,1-2H3. The predicted molar refractivity (Wildman–Crippen MR) is 97.3 cm³/mol. The second-order valence-electron chi connectivity index (χ2n) is 8.11. The maximum atomic E-state index is 13.4. The summed E-state index contributed by atoms with van der Waals surface area (Å²) in [4.78, 5) is 5.02. The number of benzene rings is 1. The third kappa shape index (κ3) is 6.03. The molecule has 140 valence electrons. The van der Waals surface area contributed by atoms with Gasteiger partial charge in [0.15, 0.2) is 0 Å². The fraction of sp³-hybridized carbons (Fsp3) is 0.700. The highest BCUT2D eigenvalue weighted by Gasteiger charge is 2.29. The molecule has 0 bridgehead atoms. The molecule has 0 aliphatic carbocycles. The van der Waals surface area contributed by atoms with Gasteiger partial charge in [-0.05, 0) is 29.5 Å². The van der Waals surface area contributed by atoms with Crippen molar-refractivity contribution in [2.24, 2.45) is 5.41 Å². The quantitative estimate of drug-likeness (QED) is 0.787. The Morgan fingerprint density at radius 3 is 2.56 bits per heavy atom. The van der Waals surface area contributed by atoms with Gasteiger partial charge in [-0.3, -0.25) is 9.80 Å². The monoisotopic (exact) mass is 350 g/mol. The smallest absolute Gasteiger partial charge is 0.123 e. The van der Waals surface area contributed by atoms with Gasteiger partial charge in [-0.15, -0.1) is 0 Å². The van der Waals surface area contributed by atoms with Gasteiger partial charge in [-0.1, -0.05) is 26.0 Å². The van der Waals surface area contributed by atoms with Crippen LogP contribution in [0.3, 0.4) is 0 Å². The lowest BCUT2D eigenvalue weighted by molar-refractivity contribution is -0.0439. The number of rotatable bonds is 6. The number of hydrogen-bond donors (Lipinski definition) is 0. The Balaban J connectivity index is 1.50. The van der Waals surface area contributed by atoms with Crippen molar-refractivity contribution >= 4 is 0 Å². The minimum absolute atomic E-state index is 0.148. The summed E-state index contributed by atoms with van der Waals surface area (Å²) in [6, 6.07) is 6.86. The number of morpholine rings is 2. The second kappa shape index (κ2) is 8.58. The van der Waals surface area contributed by atoms with Crippen molar-refractivity contribution in [1.82, 2.24) is 9.80 Å². The summed E-state index contributed by atoms with van der Waals surface area (Å²) in [6.45, 7) is 13.3. The largest absolute Gasteiger partial charge is 0.379 e. The summed E-state index contributed by atoms with van der Waals surface area (Å²) >= 11 is 0. The lowest BCUT2D eigenvalue weighted by Gasteiger charge is -2.40. The highest BCUT2D eigenvalue weighted by molar-refractivity contribution is 5.17. The molecule has 4 nitrogen and oxygen atoms in total. The molecular formula is C20H31FN2O2. The first-order valence-electron chi connectivity index (χ1n) is 9.39. The number of hydrogen-bond acceptors (Lipinski definition) is 4. The molecule has 5 heteroatoms. The van der Waals surface area contributed by atoms with Crippen molar-refractivity contribution < 1.29 is 13.9 Å². The zero-order valence-electron chi connectivity index (χ0n) is 15.5. The summed E-state index contributed by atoms with van der Waals surface area (Å²) < 4.78 is 24.8. The van der Waals surface area contributed by atoms with Crippen LogP contribution in [0.1, 0.15) is 19.4 Å². The first kappa shape index (κ1) is 18.8. The molecule has 2 aliphatic heterocycles. The lowest BCUT2D eigenvalue weighted by Crippen LogP contribution is -2.50. The zero-order chi connectivity index (χ0) is 17.7. The Morgan fingerprint density at radius 1 is 1.08 bits per heavy atom. The summed E-state index contributed by atoms with van der Waals surface area (Å²) in [6.07, 6.45) is 0.924. The molecule has 0 aromatic heterocycles. The van der Waals surface area contributed by atoms with E-state index in [0.29, 0.717) is 0 Å². The van der Waals surface area contributed by atoms with E-state index >= 15 is 0 Å². The van der Waals surface area contributed by atoms with Crippen LogP contribution in [-0.2, 0) is 15.9 Å². The molecule has 1 atom stereocenters. The summed E-state index contributed by atoms with van der Waals surface area (Å²) in [5, 5.41) is 0. The minimum Gasteiger partial charge on any atom is -0.379 e. The Labute approximate surface area is 150 Å². The molecule has 1 unspecified atom stereocenters. The van der Waals surface area contributed by atoms with Crippen LogP contribution < -0.4 is 0 Å². The van der Waals surface area contributed by atoms with E-state index in [1.54, 1.807) is 12.1 Å². The van der Waals surface area contributed by atoms with E-state index < -0.39 is 0 Å². The molecule has 3 rings (SSSR count). The first-order chi connectivity index (χ1) is 12.0. The SMILES string of the molecule is CC(C)(CN1CCOCC1)CN1CCOC(Cc2cccc(F)c2)C1. The van der Waals surface area contributed by atoms with Gasteiger partial charge in [0, 0.05) is 39.3 Å². The molecule has 0 amide bonds. The second-order valence-corrected chi connectivity index (χ2v) is 8.11. The molecule has 0 saturated carbocycles. The highest BCUT2D eigenvalue weighted by Crippen LogP contribution is 2.22. The Hall–Kier alpha value is -1.01. The van der Waals surface area contributed by atoms with E-state index in [9.17, 15) is 4.39 Å². The molecule has 0 spiro atoms. The maximum absolute atomic E-state index is 13.4. The van der Waals surface area contributed by atoms with Gasteiger partial charge >= 0.3 is 0 Å². The molecule has 0 N–H and O–H groups in total. The Morgan fingerprint density at radius 2 is 1.80 bits per heavy atom. The Kier molecular flexibility index (Phi) is 6.44. The van der Waals surface area contributed by atoms with Crippen molar-refractivity contribution in [3.63, 3.8) is 0 Å². The molecule has 2 saturated heterocycles. The van der Waals surface area contributed by atoms with Crippen LogP contribution in [0.25, 0.3) is 0 Å². The lowest BCUT2D eigenvalue weighted by atomic mass is 9.91. The molecule has 2 fully saturated rings. The van der Waals surface area contributed by atoms with Crippen LogP contribution in [0.4, 0.5) is 4.39 Å². The number of halogens is 1. The Bertz CT molecular complexity index is 546. The average Bonchev–Trinajstić information content (AvgIpc) is 2.55. The molecule has 25 heavy (non-hydrogen) atoms. The van der Waals surface area contributed by atoms with Crippen LogP contribution in [0.5, 0.6) is 0 Å². The summed E-state index contributed by atoms with van der Waals surface area (Å²) in [5.41, 5.74) is 1.25. The third-order valence-corrected chi connectivity index (χ3v) is 4.98. The van der Waals surface area contributed by atoms with E-state index in [4.69, 9.17) is 9.47 Å². The van der Waals surface area contributed by atoms with Crippen molar-refractivity contribution in [1.29, 1.82) is 0 Å². The predicted octanol–water partition coefficient (Wildman–Crippen LogP) is 2.43. The van der Waals surface area contributed by atoms with Gasteiger partial charge in [-0.2, -0.15) is 0 Å². The molecular weight excluding hydrogens is 319 g/mol. The van der Waals surface area contributed by atoms with E-state index in [1.807, 2.05) is 6.07 Å². The van der Waals surface area contributed by atoms with Gasteiger partial charge < -0.3 is 9.47 Å². The van der Waals surface area contributed by atoms with Crippen molar-refractivity contribution in [2.75, 3.05) is 59.1 Å². The van der Waals surface area contributed by atoms with Crippen LogP contribution in [0.2, 0.25) is 0 Å². The van der Waals surface area contributed by atoms with Crippen LogP contribution >= 0.6 is 0 Å². The van der Waals surface area contributed by atoms with Crippen molar-refractivity contribution in [3.8, 4) is 0 Å². The van der Waals surface area contributed by atoms with Gasteiger partial charge in [0.2, 0.25) is 0 Å². The van der Waals surface area contributed by atoms with Gasteiger partial charge in [-0.25, -0.2) is 4.39 Å².